The highest BCUT2D eigenvalue weighted by Gasteiger charge is 2.19. The summed E-state index contributed by atoms with van der Waals surface area (Å²) < 4.78 is 5.09. The molecule has 126 valence electrons. The van der Waals surface area contributed by atoms with Crippen LogP contribution in [0.5, 0.6) is 0 Å². The zero-order valence-electron chi connectivity index (χ0n) is 14.0. The number of carbonyl (C=O) groups excluding carboxylic acids is 2. The molecule has 0 aliphatic carbocycles. The molecule has 0 spiro atoms. The Kier molecular flexibility index (Phi) is 6.38. The molecule has 1 aromatic heterocycles. The first kappa shape index (κ1) is 17.2. The van der Waals surface area contributed by atoms with Gasteiger partial charge in [0.15, 0.2) is 6.61 Å². The molecule has 0 radical (unpaired) electrons. The van der Waals surface area contributed by atoms with E-state index in [1.165, 1.54) is 6.20 Å². The van der Waals surface area contributed by atoms with Gasteiger partial charge in [0.05, 0.1) is 5.56 Å². The number of esters is 1. The van der Waals surface area contributed by atoms with Gasteiger partial charge in [-0.05, 0) is 38.3 Å². The van der Waals surface area contributed by atoms with E-state index in [9.17, 15) is 9.59 Å². The quantitative estimate of drug-likeness (QED) is 0.720. The van der Waals surface area contributed by atoms with Gasteiger partial charge in [-0.3, -0.25) is 4.79 Å². The van der Waals surface area contributed by atoms with Crippen molar-refractivity contribution in [2.24, 2.45) is 0 Å². The van der Waals surface area contributed by atoms with E-state index in [1.54, 1.807) is 11.0 Å². The summed E-state index contributed by atoms with van der Waals surface area (Å²) >= 11 is 0. The fourth-order valence-electron chi connectivity index (χ4n) is 2.67. The third kappa shape index (κ3) is 4.68. The van der Waals surface area contributed by atoms with Gasteiger partial charge in [0.2, 0.25) is 0 Å². The van der Waals surface area contributed by atoms with Gasteiger partial charge in [0, 0.05) is 32.4 Å². The minimum Gasteiger partial charge on any atom is -0.452 e. The molecule has 0 aromatic carbocycles. The van der Waals surface area contributed by atoms with Crippen molar-refractivity contribution < 1.29 is 14.3 Å². The van der Waals surface area contributed by atoms with Gasteiger partial charge in [0.25, 0.3) is 5.91 Å². The number of pyridine rings is 1. The summed E-state index contributed by atoms with van der Waals surface area (Å²) in [6.07, 6.45) is 4.60. The molecule has 1 amide bonds. The lowest BCUT2D eigenvalue weighted by Crippen LogP contribution is -2.32. The summed E-state index contributed by atoms with van der Waals surface area (Å²) in [5, 5.41) is 0. The lowest BCUT2D eigenvalue weighted by atomic mass is 10.2. The molecule has 0 bridgehead atoms. The number of carbonyl (C=O) groups is 2. The Morgan fingerprint density at radius 1 is 1.26 bits per heavy atom. The average molecular weight is 319 g/mol. The molecule has 6 heteroatoms. The summed E-state index contributed by atoms with van der Waals surface area (Å²) in [5.74, 6) is 0.217. The van der Waals surface area contributed by atoms with E-state index in [0.29, 0.717) is 5.56 Å². The van der Waals surface area contributed by atoms with Crippen molar-refractivity contribution in [1.82, 2.24) is 9.88 Å². The second-order valence-corrected chi connectivity index (χ2v) is 5.65. The van der Waals surface area contributed by atoms with Gasteiger partial charge in [-0.25, -0.2) is 9.78 Å². The van der Waals surface area contributed by atoms with Crippen LogP contribution in [0.1, 0.15) is 43.5 Å². The van der Waals surface area contributed by atoms with Crippen LogP contribution in [0, 0.1) is 0 Å². The van der Waals surface area contributed by atoms with Crippen molar-refractivity contribution in [1.29, 1.82) is 0 Å². The highest BCUT2D eigenvalue weighted by atomic mass is 16.5. The molecule has 1 aliphatic rings. The van der Waals surface area contributed by atoms with E-state index in [0.717, 1.165) is 51.3 Å². The van der Waals surface area contributed by atoms with Crippen LogP contribution in [0.3, 0.4) is 0 Å². The molecular formula is C17H25N3O3. The van der Waals surface area contributed by atoms with Crippen LogP contribution >= 0.6 is 0 Å². The van der Waals surface area contributed by atoms with Gasteiger partial charge >= 0.3 is 5.97 Å². The van der Waals surface area contributed by atoms with Gasteiger partial charge in [-0.15, -0.1) is 0 Å². The minimum absolute atomic E-state index is 0.125. The van der Waals surface area contributed by atoms with E-state index >= 15 is 0 Å². The van der Waals surface area contributed by atoms with Crippen molar-refractivity contribution in [3.63, 3.8) is 0 Å². The Morgan fingerprint density at radius 3 is 2.57 bits per heavy atom. The van der Waals surface area contributed by atoms with E-state index in [4.69, 9.17) is 4.74 Å². The normalized spacial score (nSPS) is 13.9. The van der Waals surface area contributed by atoms with Crippen LogP contribution in [-0.2, 0) is 9.53 Å². The summed E-state index contributed by atoms with van der Waals surface area (Å²) in [7, 11) is 0. The largest absolute Gasteiger partial charge is 0.452 e. The Labute approximate surface area is 137 Å². The summed E-state index contributed by atoms with van der Waals surface area (Å²) in [5.41, 5.74) is 0.371. The van der Waals surface area contributed by atoms with Gasteiger partial charge < -0.3 is 14.5 Å². The SMILES string of the molecule is CCCN(CC)c1ccc(C(=O)OCC(=O)N2CCCC2)cn1. The smallest absolute Gasteiger partial charge is 0.340 e. The molecule has 2 rings (SSSR count). The molecule has 1 aromatic rings. The topological polar surface area (TPSA) is 62.7 Å². The lowest BCUT2D eigenvalue weighted by Gasteiger charge is -2.21. The maximum Gasteiger partial charge on any atom is 0.340 e. The van der Waals surface area contributed by atoms with Crippen LogP contribution in [0.15, 0.2) is 18.3 Å². The van der Waals surface area contributed by atoms with Crippen molar-refractivity contribution >= 4 is 17.7 Å². The Hall–Kier alpha value is -2.11. The highest BCUT2D eigenvalue weighted by molar-refractivity contribution is 5.91. The van der Waals surface area contributed by atoms with Gasteiger partial charge in [-0.1, -0.05) is 6.92 Å². The van der Waals surface area contributed by atoms with Crippen molar-refractivity contribution in [3.05, 3.63) is 23.9 Å². The third-order valence-electron chi connectivity index (χ3n) is 3.97. The second-order valence-electron chi connectivity index (χ2n) is 5.65. The van der Waals surface area contributed by atoms with E-state index in [2.05, 4.69) is 23.7 Å². The van der Waals surface area contributed by atoms with Gasteiger partial charge in [0.1, 0.15) is 5.82 Å². The molecule has 23 heavy (non-hydrogen) atoms. The minimum atomic E-state index is -0.505. The number of ether oxygens (including phenoxy) is 1. The average Bonchev–Trinajstić information content (AvgIpc) is 3.12. The first-order valence-corrected chi connectivity index (χ1v) is 8.31. The van der Waals surface area contributed by atoms with Crippen molar-refractivity contribution in [2.45, 2.75) is 33.1 Å². The van der Waals surface area contributed by atoms with E-state index < -0.39 is 5.97 Å². The number of amides is 1. The van der Waals surface area contributed by atoms with Crippen molar-refractivity contribution in [3.8, 4) is 0 Å². The molecule has 2 heterocycles. The van der Waals surface area contributed by atoms with Crippen LogP contribution in [0.2, 0.25) is 0 Å². The van der Waals surface area contributed by atoms with E-state index in [1.807, 2.05) is 6.07 Å². The maximum atomic E-state index is 12.0. The Bertz CT molecular complexity index is 524. The zero-order valence-corrected chi connectivity index (χ0v) is 14.0. The molecule has 0 atom stereocenters. The summed E-state index contributed by atoms with van der Waals surface area (Å²) in [6, 6.07) is 3.52. The Balaban J connectivity index is 1.88. The maximum absolute atomic E-state index is 12.0. The number of rotatable bonds is 7. The number of anilines is 1. The summed E-state index contributed by atoms with van der Waals surface area (Å²) in [4.78, 5) is 32.1. The van der Waals surface area contributed by atoms with Gasteiger partial charge in [-0.2, -0.15) is 0 Å². The third-order valence-corrected chi connectivity index (χ3v) is 3.97. The number of aromatic nitrogens is 1. The lowest BCUT2D eigenvalue weighted by molar-refractivity contribution is -0.133. The fraction of sp³-hybridized carbons (Fsp3) is 0.588. The predicted molar refractivity (Wildman–Crippen MR) is 88.5 cm³/mol. The van der Waals surface area contributed by atoms with Crippen LogP contribution in [0.25, 0.3) is 0 Å². The number of hydrogen-bond acceptors (Lipinski definition) is 5. The molecule has 1 fully saturated rings. The first-order chi connectivity index (χ1) is 11.2. The second kappa shape index (κ2) is 8.50. The van der Waals surface area contributed by atoms with Crippen molar-refractivity contribution in [2.75, 3.05) is 37.7 Å². The first-order valence-electron chi connectivity index (χ1n) is 8.31. The molecule has 6 nitrogen and oxygen atoms in total. The standard InChI is InChI=1S/C17H25N3O3/c1-3-9-19(4-2)15-8-7-14(12-18-15)17(22)23-13-16(21)20-10-5-6-11-20/h7-8,12H,3-6,9-11,13H2,1-2H3. The number of nitrogens with zero attached hydrogens (tertiary/aromatic N) is 3. The fourth-order valence-corrected chi connectivity index (χ4v) is 2.67. The molecule has 0 N–H and O–H groups in total. The molecular weight excluding hydrogens is 294 g/mol. The molecule has 1 saturated heterocycles. The van der Waals surface area contributed by atoms with E-state index in [-0.39, 0.29) is 12.5 Å². The summed E-state index contributed by atoms with van der Waals surface area (Å²) in [6.45, 7) is 7.31. The number of hydrogen-bond donors (Lipinski definition) is 0. The molecule has 0 unspecified atom stereocenters. The molecule has 0 saturated carbocycles. The van der Waals surface area contributed by atoms with Crippen LogP contribution in [0.4, 0.5) is 5.82 Å². The van der Waals surface area contributed by atoms with Crippen LogP contribution in [-0.4, -0.2) is 54.5 Å². The van der Waals surface area contributed by atoms with Crippen LogP contribution < -0.4 is 4.90 Å². The number of likely N-dealkylation sites (tertiary alicyclic amines) is 1. The monoisotopic (exact) mass is 319 g/mol. The highest BCUT2D eigenvalue weighted by Crippen LogP contribution is 2.13. The Morgan fingerprint density at radius 2 is 2.00 bits per heavy atom. The predicted octanol–water partition coefficient (Wildman–Crippen LogP) is 2.10. The zero-order chi connectivity index (χ0) is 16.7. The molecule has 1 aliphatic heterocycles.